The number of nitrogens with one attached hydrogen (secondary N) is 1. The molecule has 1 saturated carbocycles. The maximum absolute atomic E-state index is 10.9. The molecule has 0 spiro atoms. The van der Waals surface area contributed by atoms with Gasteiger partial charge in [-0.25, -0.2) is 0 Å². The molecule has 1 aliphatic rings. The smallest absolute Gasteiger partial charge is 0.292 e. The first-order chi connectivity index (χ1) is 9.11. The van der Waals surface area contributed by atoms with E-state index in [1.165, 1.54) is 12.1 Å². The monoisotopic (exact) mass is 265 g/mol. The standard InChI is InChI=1S/C13H19N3O3/c1-19-13-4-2-3-9(13)8-15-11-7-10(14)5-6-12(11)16(17)18/h5-7,9,13,15H,2-4,8,14H2,1H3/t9-,13+/m1/s1. The predicted octanol–water partition coefficient (Wildman–Crippen LogP) is 2.40. The number of nitro groups is 1. The number of hydrogen-bond acceptors (Lipinski definition) is 5. The van der Waals surface area contributed by atoms with Gasteiger partial charge in [-0.05, 0) is 25.0 Å². The van der Waals surface area contributed by atoms with Crippen LogP contribution in [0.4, 0.5) is 17.1 Å². The van der Waals surface area contributed by atoms with Crippen LogP contribution >= 0.6 is 0 Å². The Kier molecular flexibility index (Phi) is 4.21. The summed E-state index contributed by atoms with van der Waals surface area (Å²) in [6, 6.07) is 4.58. The van der Waals surface area contributed by atoms with Gasteiger partial charge in [-0.2, -0.15) is 0 Å². The van der Waals surface area contributed by atoms with Crippen LogP contribution in [0.25, 0.3) is 0 Å². The Labute approximate surface area is 112 Å². The molecule has 0 bridgehead atoms. The second-order valence-electron chi connectivity index (χ2n) is 4.88. The molecule has 19 heavy (non-hydrogen) atoms. The van der Waals surface area contributed by atoms with E-state index in [2.05, 4.69) is 5.32 Å². The van der Waals surface area contributed by atoms with Crippen LogP contribution < -0.4 is 11.1 Å². The van der Waals surface area contributed by atoms with Gasteiger partial charge >= 0.3 is 0 Å². The summed E-state index contributed by atoms with van der Waals surface area (Å²) in [5.41, 5.74) is 6.73. The molecule has 6 nitrogen and oxygen atoms in total. The van der Waals surface area contributed by atoms with Gasteiger partial charge in [0.2, 0.25) is 0 Å². The van der Waals surface area contributed by atoms with Crippen molar-refractivity contribution in [3.05, 3.63) is 28.3 Å². The van der Waals surface area contributed by atoms with Crippen LogP contribution in [-0.4, -0.2) is 24.7 Å². The Balaban J connectivity index is 2.06. The van der Waals surface area contributed by atoms with Gasteiger partial charge in [0, 0.05) is 31.3 Å². The summed E-state index contributed by atoms with van der Waals surface area (Å²) in [5, 5.41) is 14.1. The number of nitrogen functional groups attached to an aromatic ring is 1. The van der Waals surface area contributed by atoms with Crippen molar-refractivity contribution in [2.45, 2.75) is 25.4 Å². The van der Waals surface area contributed by atoms with Crippen molar-refractivity contribution in [3.63, 3.8) is 0 Å². The average molecular weight is 265 g/mol. The molecule has 0 radical (unpaired) electrons. The van der Waals surface area contributed by atoms with Crippen molar-refractivity contribution >= 4 is 17.1 Å². The normalized spacial score (nSPS) is 22.4. The van der Waals surface area contributed by atoms with Crippen LogP contribution in [0.3, 0.4) is 0 Å². The first-order valence-electron chi connectivity index (χ1n) is 6.42. The minimum atomic E-state index is -0.399. The van der Waals surface area contributed by atoms with Crippen molar-refractivity contribution in [2.24, 2.45) is 5.92 Å². The Morgan fingerprint density at radius 3 is 3.00 bits per heavy atom. The van der Waals surface area contributed by atoms with Gasteiger partial charge in [0.1, 0.15) is 5.69 Å². The van der Waals surface area contributed by atoms with E-state index in [4.69, 9.17) is 10.5 Å². The molecule has 0 unspecified atom stereocenters. The van der Waals surface area contributed by atoms with Gasteiger partial charge in [-0.3, -0.25) is 10.1 Å². The van der Waals surface area contributed by atoms with Crippen LogP contribution in [0.15, 0.2) is 18.2 Å². The molecule has 0 aliphatic heterocycles. The molecule has 0 aromatic heterocycles. The van der Waals surface area contributed by atoms with E-state index >= 15 is 0 Å². The van der Waals surface area contributed by atoms with E-state index in [1.54, 1.807) is 13.2 Å². The molecule has 0 amide bonds. The lowest BCUT2D eigenvalue weighted by Crippen LogP contribution is -2.24. The van der Waals surface area contributed by atoms with Gasteiger partial charge in [0.25, 0.3) is 5.69 Å². The molecule has 1 aromatic carbocycles. The highest BCUT2D eigenvalue weighted by molar-refractivity contribution is 5.67. The van der Waals surface area contributed by atoms with Crippen LogP contribution in [0, 0.1) is 16.0 Å². The van der Waals surface area contributed by atoms with Gasteiger partial charge in [-0.1, -0.05) is 6.42 Å². The lowest BCUT2D eigenvalue weighted by molar-refractivity contribution is -0.383. The number of rotatable bonds is 5. The molecule has 2 rings (SSSR count). The lowest BCUT2D eigenvalue weighted by Gasteiger charge is -2.19. The van der Waals surface area contributed by atoms with Crippen molar-refractivity contribution in [1.29, 1.82) is 0 Å². The van der Waals surface area contributed by atoms with Gasteiger partial charge < -0.3 is 15.8 Å². The summed E-state index contributed by atoms with van der Waals surface area (Å²) in [5.74, 6) is 0.394. The summed E-state index contributed by atoms with van der Waals surface area (Å²) in [7, 11) is 1.71. The summed E-state index contributed by atoms with van der Waals surface area (Å²) >= 11 is 0. The number of nitro benzene ring substituents is 1. The summed E-state index contributed by atoms with van der Waals surface area (Å²) in [4.78, 5) is 10.6. The third-order valence-electron chi connectivity index (χ3n) is 3.66. The minimum Gasteiger partial charge on any atom is -0.399 e. The fraction of sp³-hybridized carbons (Fsp3) is 0.538. The highest BCUT2D eigenvalue weighted by atomic mass is 16.6. The van der Waals surface area contributed by atoms with Crippen LogP contribution in [0.2, 0.25) is 0 Å². The van der Waals surface area contributed by atoms with E-state index in [1.807, 2.05) is 0 Å². The second kappa shape index (κ2) is 5.88. The summed E-state index contributed by atoms with van der Waals surface area (Å²) in [6.45, 7) is 0.669. The molecular formula is C13H19N3O3. The number of ether oxygens (including phenoxy) is 1. The van der Waals surface area contributed by atoms with Gasteiger partial charge in [0.15, 0.2) is 0 Å². The van der Waals surface area contributed by atoms with Crippen LogP contribution in [0.5, 0.6) is 0 Å². The maximum atomic E-state index is 10.9. The van der Waals surface area contributed by atoms with E-state index in [0.717, 1.165) is 19.3 Å². The number of anilines is 2. The van der Waals surface area contributed by atoms with Crippen LogP contribution in [-0.2, 0) is 4.74 Å². The number of hydrogen-bond donors (Lipinski definition) is 2. The average Bonchev–Trinajstić information content (AvgIpc) is 2.83. The number of benzene rings is 1. The highest BCUT2D eigenvalue weighted by Crippen LogP contribution is 2.30. The topological polar surface area (TPSA) is 90.4 Å². The maximum Gasteiger partial charge on any atom is 0.292 e. The lowest BCUT2D eigenvalue weighted by atomic mass is 10.1. The van der Waals surface area contributed by atoms with Crippen molar-refractivity contribution < 1.29 is 9.66 Å². The highest BCUT2D eigenvalue weighted by Gasteiger charge is 2.27. The number of nitrogens with zero attached hydrogens (tertiary/aromatic N) is 1. The zero-order valence-electron chi connectivity index (χ0n) is 11.0. The first kappa shape index (κ1) is 13.6. The Morgan fingerprint density at radius 2 is 2.32 bits per heavy atom. The fourth-order valence-electron chi connectivity index (χ4n) is 2.64. The molecule has 1 fully saturated rings. The third kappa shape index (κ3) is 3.14. The summed E-state index contributed by atoms with van der Waals surface area (Å²) < 4.78 is 5.42. The van der Waals surface area contributed by atoms with Crippen molar-refractivity contribution in [1.82, 2.24) is 0 Å². The van der Waals surface area contributed by atoms with E-state index < -0.39 is 4.92 Å². The molecule has 6 heteroatoms. The quantitative estimate of drug-likeness (QED) is 0.484. The zero-order valence-corrected chi connectivity index (χ0v) is 11.0. The molecule has 104 valence electrons. The van der Waals surface area contributed by atoms with E-state index in [9.17, 15) is 10.1 Å². The molecule has 2 atom stereocenters. The molecular weight excluding hydrogens is 246 g/mol. The van der Waals surface area contributed by atoms with Crippen molar-refractivity contribution in [3.8, 4) is 0 Å². The van der Waals surface area contributed by atoms with Gasteiger partial charge in [-0.15, -0.1) is 0 Å². The SMILES string of the molecule is CO[C@H]1CCC[C@@H]1CNc1cc(N)ccc1[N+](=O)[O-]. The molecule has 0 saturated heterocycles. The predicted molar refractivity (Wildman–Crippen MR) is 74.1 cm³/mol. The first-order valence-corrected chi connectivity index (χ1v) is 6.42. The van der Waals surface area contributed by atoms with Crippen molar-refractivity contribution in [2.75, 3.05) is 24.7 Å². The largest absolute Gasteiger partial charge is 0.399 e. The molecule has 1 aliphatic carbocycles. The minimum absolute atomic E-state index is 0.0566. The summed E-state index contributed by atoms with van der Waals surface area (Å²) in [6.07, 6.45) is 3.53. The Bertz CT molecular complexity index is 464. The Morgan fingerprint density at radius 1 is 1.53 bits per heavy atom. The molecule has 3 N–H and O–H groups in total. The third-order valence-corrected chi connectivity index (χ3v) is 3.66. The number of nitrogens with two attached hydrogens (primary N) is 1. The van der Waals surface area contributed by atoms with Crippen LogP contribution in [0.1, 0.15) is 19.3 Å². The molecule has 1 aromatic rings. The zero-order chi connectivity index (χ0) is 13.8. The Hall–Kier alpha value is -1.82. The number of methoxy groups -OCH3 is 1. The molecule has 0 heterocycles. The van der Waals surface area contributed by atoms with E-state index in [0.29, 0.717) is 23.8 Å². The second-order valence-corrected chi connectivity index (χ2v) is 4.88. The van der Waals surface area contributed by atoms with Gasteiger partial charge in [0.05, 0.1) is 11.0 Å². The fourth-order valence-corrected chi connectivity index (χ4v) is 2.64. The van der Waals surface area contributed by atoms with E-state index in [-0.39, 0.29) is 11.8 Å².